The smallest absolute Gasteiger partial charge is 0.163 e. The Labute approximate surface area is 214 Å². The maximum Gasteiger partial charge on any atom is 0.163 e. The highest BCUT2D eigenvalue weighted by molar-refractivity contribution is 5.67. The average molecular weight is 488 g/mol. The van der Waals surface area contributed by atoms with Crippen LogP contribution in [0.25, 0.3) is 0 Å². The summed E-state index contributed by atoms with van der Waals surface area (Å²) in [7, 11) is 3.87. The zero-order valence-electron chi connectivity index (χ0n) is 21.4. The standard InChI is InChI=1S/C30H37N3O3/c1-32-18-15-28(16-19-32)35-27-12-9-24(10-13-27)33(22-23-6-5-17-31-21-23)25-11-14-29(34-2)30(20-25)36-26-7-3-4-8-26/h5-6,9-14,17,20-21,26,28H,3-4,7-8,15-16,18-19,22H2,1-2H3. The zero-order valence-corrected chi connectivity index (χ0v) is 21.4. The Morgan fingerprint density at radius 3 is 2.28 bits per heavy atom. The van der Waals surface area contributed by atoms with Crippen molar-refractivity contribution >= 4 is 11.4 Å². The van der Waals surface area contributed by atoms with Gasteiger partial charge in [0.15, 0.2) is 11.5 Å². The Morgan fingerprint density at radius 2 is 1.58 bits per heavy atom. The second kappa shape index (κ2) is 11.7. The molecule has 1 aromatic heterocycles. The van der Waals surface area contributed by atoms with Gasteiger partial charge in [0.25, 0.3) is 0 Å². The van der Waals surface area contributed by atoms with Crippen molar-refractivity contribution in [2.45, 2.75) is 57.3 Å². The molecule has 0 N–H and O–H groups in total. The van der Waals surface area contributed by atoms with Crippen molar-refractivity contribution in [1.82, 2.24) is 9.88 Å². The predicted octanol–water partition coefficient (Wildman–Crippen LogP) is 6.22. The summed E-state index contributed by atoms with van der Waals surface area (Å²) >= 11 is 0. The lowest BCUT2D eigenvalue weighted by Gasteiger charge is -2.30. The third-order valence-corrected chi connectivity index (χ3v) is 7.23. The molecule has 1 aliphatic carbocycles. The lowest BCUT2D eigenvalue weighted by atomic mass is 10.1. The van der Waals surface area contributed by atoms with Crippen LogP contribution in [0.5, 0.6) is 17.2 Å². The van der Waals surface area contributed by atoms with Crippen molar-refractivity contribution in [3.05, 3.63) is 72.6 Å². The number of ether oxygens (including phenoxy) is 3. The van der Waals surface area contributed by atoms with Crippen molar-refractivity contribution in [2.75, 3.05) is 32.1 Å². The average Bonchev–Trinajstić information content (AvgIpc) is 3.43. The summed E-state index contributed by atoms with van der Waals surface area (Å²) in [6.07, 6.45) is 11.1. The summed E-state index contributed by atoms with van der Waals surface area (Å²) in [6.45, 7) is 2.87. The quantitative estimate of drug-likeness (QED) is 0.357. The van der Waals surface area contributed by atoms with Gasteiger partial charge in [-0.3, -0.25) is 4.98 Å². The molecule has 1 saturated carbocycles. The highest BCUT2D eigenvalue weighted by Crippen LogP contribution is 2.38. The number of nitrogens with zero attached hydrogens (tertiary/aromatic N) is 3. The van der Waals surface area contributed by atoms with E-state index in [9.17, 15) is 0 Å². The van der Waals surface area contributed by atoms with Gasteiger partial charge in [0.2, 0.25) is 0 Å². The van der Waals surface area contributed by atoms with Gasteiger partial charge in [0.1, 0.15) is 11.9 Å². The molecule has 0 bridgehead atoms. The highest BCUT2D eigenvalue weighted by Gasteiger charge is 2.21. The molecule has 2 fully saturated rings. The Balaban J connectivity index is 1.40. The molecule has 6 nitrogen and oxygen atoms in total. The molecule has 2 aliphatic rings. The molecule has 6 heteroatoms. The van der Waals surface area contributed by atoms with Crippen LogP contribution in [0.1, 0.15) is 44.1 Å². The van der Waals surface area contributed by atoms with E-state index >= 15 is 0 Å². The minimum atomic E-state index is 0.261. The van der Waals surface area contributed by atoms with Gasteiger partial charge in [-0.15, -0.1) is 0 Å². The van der Waals surface area contributed by atoms with Crippen molar-refractivity contribution in [3.63, 3.8) is 0 Å². The van der Waals surface area contributed by atoms with Crippen LogP contribution in [0.3, 0.4) is 0 Å². The van der Waals surface area contributed by atoms with E-state index in [2.05, 4.69) is 64.3 Å². The van der Waals surface area contributed by atoms with Crippen molar-refractivity contribution in [1.29, 1.82) is 0 Å². The highest BCUT2D eigenvalue weighted by atomic mass is 16.5. The summed E-state index contributed by atoms with van der Waals surface area (Å²) in [5.74, 6) is 2.50. The molecule has 0 radical (unpaired) electrons. The van der Waals surface area contributed by atoms with Gasteiger partial charge in [-0.2, -0.15) is 0 Å². The van der Waals surface area contributed by atoms with E-state index in [-0.39, 0.29) is 12.2 Å². The Hall–Kier alpha value is -3.25. The van der Waals surface area contributed by atoms with Gasteiger partial charge in [-0.1, -0.05) is 6.07 Å². The number of aromatic nitrogens is 1. The minimum absolute atomic E-state index is 0.261. The molecule has 36 heavy (non-hydrogen) atoms. The van der Waals surface area contributed by atoms with Gasteiger partial charge in [0.05, 0.1) is 13.2 Å². The van der Waals surface area contributed by atoms with E-state index in [4.69, 9.17) is 14.2 Å². The normalized spacial score (nSPS) is 17.2. The van der Waals surface area contributed by atoms with Crippen LogP contribution in [0.2, 0.25) is 0 Å². The van der Waals surface area contributed by atoms with Gasteiger partial charge in [-0.25, -0.2) is 0 Å². The van der Waals surface area contributed by atoms with Crippen molar-refractivity contribution in [3.8, 4) is 17.2 Å². The minimum Gasteiger partial charge on any atom is -0.493 e. The first-order valence-corrected chi connectivity index (χ1v) is 13.1. The second-order valence-electron chi connectivity index (χ2n) is 9.92. The Morgan fingerprint density at radius 1 is 0.861 bits per heavy atom. The van der Waals surface area contributed by atoms with Crippen LogP contribution >= 0.6 is 0 Å². The summed E-state index contributed by atoms with van der Waals surface area (Å²) in [4.78, 5) is 8.98. The molecule has 5 rings (SSSR count). The lowest BCUT2D eigenvalue weighted by molar-refractivity contribution is 0.114. The fourth-order valence-electron chi connectivity index (χ4n) is 5.12. The second-order valence-corrected chi connectivity index (χ2v) is 9.92. The Bertz CT molecular complexity index is 1090. The number of hydrogen-bond donors (Lipinski definition) is 0. The molecule has 0 amide bonds. The first-order valence-electron chi connectivity index (χ1n) is 13.1. The molecular weight excluding hydrogens is 450 g/mol. The molecule has 3 aromatic rings. The van der Waals surface area contributed by atoms with Crippen LogP contribution in [0.4, 0.5) is 11.4 Å². The molecule has 0 spiro atoms. The van der Waals surface area contributed by atoms with Gasteiger partial charge in [-0.05, 0) is 93.6 Å². The first-order chi connectivity index (χ1) is 17.7. The van der Waals surface area contributed by atoms with E-state index in [1.54, 1.807) is 7.11 Å². The first kappa shape index (κ1) is 24.4. The fourth-order valence-corrected chi connectivity index (χ4v) is 5.12. The maximum atomic E-state index is 6.40. The monoisotopic (exact) mass is 487 g/mol. The van der Waals surface area contributed by atoms with E-state index in [1.165, 1.54) is 12.8 Å². The van der Waals surface area contributed by atoms with E-state index in [0.717, 1.165) is 73.0 Å². The molecule has 2 aromatic carbocycles. The largest absolute Gasteiger partial charge is 0.493 e. The molecule has 2 heterocycles. The number of rotatable bonds is 9. The number of pyridine rings is 1. The molecular formula is C30H37N3O3. The van der Waals surface area contributed by atoms with Gasteiger partial charge < -0.3 is 24.0 Å². The van der Waals surface area contributed by atoms with Crippen LogP contribution in [0, 0.1) is 0 Å². The van der Waals surface area contributed by atoms with Crippen LogP contribution in [0.15, 0.2) is 67.0 Å². The molecule has 0 unspecified atom stereocenters. The van der Waals surface area contributed by atoms with Crippen LogP contribution in [-0.4, -0.2) is 49.3 Å². The predicted molar refractivity (Wildman–Crippen MR) is 144 cm³/mol. The fraction of sp³-hybridized carbons (Fsp3) is 0.433. The van der Waals surface area contributed by atoms with E-state index in [1.807, 2.05) is 24.5 Å². The summed E-state index contributed by atoms with van der Waals surface area (Å²) in [5.41, 5.74) is 3.28. The summed E-state index contributed by atoms with van der Waals surface area (Å²) in [6, 6.07) is 18.8. The van der Waals surface area contributed by atoms with Gasteiger partial charge >= 0.3 is 0 Å². The molecule has 190 valence electrons. The number of methoxy groups -OCH3 is 1. The van der Waals surface area contributed by atoms with E-state index < -0.39 is 0 Å². The van der Waals surface area contributed by atoms with Crippen molar-refractivity contribution in [2.24, 2.45) is 0 Å². The maximum absolute atomic E-state index is 6.40. The number of piperidine rings is 1. The summed E-state index contributed by atoms with van der Waals surface area (Å²) < 4.78 is 18.3. The van der Waals surface area contributed by atoms with Gasteiger partial charge in [0, 0.05) is 49.5 Å². The van der Waals surface area contributed by atoms with E-state index in [0.29, 0.717) is 6.54 Å². The topological polar surface area (TPSA) is 47.1 Å². The number of benzene rings is 2. The lowest BCUT2D eigenvalue weighted by Crippen LogP contribution is -2.35. The molecule has 1 aliphatic heterocycles. The molecule has 1 saturated heterocycles. The number of anilines is 2. The molecule has 0 atom stereocenters. The third kappa shape index (κ3) is 6.11. The third-order valence-electron chi connectivity index (χ3n) is 7.23. The van der Waals surface area contributed by atoms with Crippen LogP contribution < -0.4 is 19.1 Å². The number of hydrogen-bond acceptors (Lipinski definition) is 6. The Kier molecular flexibility index (Phi) is 7.91. The summed E-state index contributed by atoms with van der Waals surface area (Å²) in [5, 5.41) is 0. The SMILES string of the molecule is COc1ccc(N(Cc2cccnc2)c2ccc(OC3CCN(C)CC3)cc2)cc1OC1CCCC1. The van der Waals surface area contributed by atoms with Crippen molar-refractivity contribution < 1.29 is 14.2 Å². The number of likely N-dealkylation sites (tertiary alicyclic amines) is 1. The van der Waals surface area contributed by atoms with Crippen LogP contribution in [-0.2, 0) is 6.54 Å². The zero-order chi connectivity index (χ0) is 24.7.